The SMILES string of the molecule is C=C(c1cc(OC)ccc1CC)C1CCCN(c2nc(-c3ccncc3)cc(=O)n2C)C1. The Kier molecular flexibility index (Phi) is 6.40. The maximum atomic E-state index is 12.7. The molecule has 3 aromatic rings. The van der Waals surface area contributed by atoms with Crippen LogP contribution in [-0.2, 0) is 13.5 Å². The smallest absolute Gasteiger partial charge is 0.255 e. The van der Waals surface area contributed by atoms with Crippen LogP contribution in [0.3, 0.4) is 0 Å². The fourth-order valence-electron chi connectivity index (χ4n) is 4.43. The molecule has 6 nitrogen and oxygen atoms in total. The van der Waals surface area contributed by atoms with Crippen molar-refractivity contribution in [1.82, 2.24) is 14.5 Å². The van der Waals surface area contributed by atoms with E-state index in [-0.39, 0.29) is 11.5 Å². The first kappa shape index (κ1) is 21.8. The third-order valence-electron chi connectivity index (χ3n) is 6.33. The highest BCUT2D eigenvalue weighted by molar-refractivity contribution is 5.70. The molecule has 1 unspecified atom stereocenters. The molecule has 1 aliphatic rings. The number of nitrogens with zero attached hydrogens (tertiary/aromatic N) is 4. The van der Waals surface area contributed by atoms with Crippen LogP contribution in [-0.4, -0.2) is 34.7 Å². The maximum absolute atomic E-state index is 12.7. The molecule has 1 atom stereocenters. The number of aromatic nitrogens is 3. The number of aryl methyl sites for hydroxylation is 1. The van der Waals surface area contributed by atoms with Crippen molar-refractivity contribution in [2.75, 3.05) is 25.1 Å². The molecular formula is C26H30N4O2. The highest BCUT2D eigenvalue weighted by Gasteiger charge is 2.26. The maximum Gasteiger partial charge on any atom is 0.255 e. The molecule has 4 rings (SSSR count). The summed E-state index contributed by atoms with van der Waals surface area (Å²) in [6.07, 6.45) is 6.46. The van der Waals surface area contributed by atoms with Crippen molar-refractivity contribution < 1.29 is 4.74 Å². The zero-order valence-corrected chi connectivity index (χ0v) is 19.0. The van der Waals surface area contributed by atoms with E-state index < -0.39 is 0 Å². The van der Waals surface area contributed by atoms with Gasteiger partial charge in [-0.1, -0.05) is 19.6 Å². The molecule has 1 aliphatic heterocycles. The van der Waals surface area contributed by atoms with Gasteiger partial charge in [-0.2, -0.15) is 0 Å². The summed E-state index contributed by atoms with van der Waals surface area (Å²) in [5.74, 6) is 1.82. The molecule has 2 aromatic heterocycles. The first-order valence-electron chi connectivity index (χ1n) is 11.1. The predicted molar refractivity (Wildman–Crippen MR) is 129 cm³/mol. The largest absolute Gasteiger partial charge is 0.497 e. The van der Waals surface area contributed by atoms with Gasteiger partial charge >= 0.3 is 0 Å². The van der Waals surface area contributed by atoms with Gasteiger partial charge in [-0.15, -0.1) is 0 Å². The van der Waals surface area contributed by atoms with E-state index in [4.69, 9.17) is 9.72 Å². The molecule has 32 heavy (non-hydrogen) atoms. The highest BCUT2D eigenvalue weighted by Crippen LogP contribution is 2.34. The Morgan fingerprint density at radius 3 is 2.72 bits per heavy atom. The Balaban J connectivity index is 1.65. The van der Waals surface area contributed by atoms with Gasteiger partial charge in [0.25, 0.3) is 5.56 Å². The Morgan fingerprint density at radius 2 is 2.00 bits per heavy atom. The van der Waals surface area contributed by atoms with Crippen LogP contribution in [0.1, 0.15) is 30.9 Å². The fraction of sp³-hybridized carbons (Fsp3) is 0.346. The minimum absolute atomic E-state index is 0.0659. The van der Waals surface area contributed by atoms with Crippen LogP contribution in [0.2, 0.25) is 0 Å². The van der Waals surface area contributed by atoms with E-state index in [1.165, 1.54) is 11.1 Å². The fourth-order valence-corrected chi connectivity index (χ4v) is 4.43. The molecule has 0 radical (unpaired) electrons. The summed E-state index contributed by atoms with van der Waals surface area (Å²) in [6.45, 7) is 8.29. The number of methoxy groups -OCH3 is 1. The molecular weight excluding hydrogens is 400 g/mol. The van der Waals surface area contributed by atoms with Crippen LogP contribution < -0.4 is 15.2 Å². The van der Waals surface area contributed by atoms with Gasteiger partial charge in [0.2, 0.25) is 5.95 Å². The van der Waals surface area contributed by atoms with Gasteiger partial charge < -0.3 is 9.64 Å². The van der Waals surface area contributed by atoms with Crippen LogP contribution in [0.15, 0.2) is 60.2 Å². The average Bonchev–Trinajstić information content (AvgIpc) is 2.85. The van der Waals surface area contributed by atoms with Gasteiger partial charge in [-0.05, 0) is 60.2 Å². The number of benzene rings is 1. The molecule has 3 heterocycles. The van der Waals surface area contributed by atoms with E-state index in [0.717, 1.165) is 49.2 Å². The summed E-state index contributed by atoms with van der Waals surface area (Å²) < 4.78 is 7.10. The summed E-state index contributed by atoms with van der Waals surface area (Å²) >= 11 is 0. The average molecular weight is 431 g/mol. The number of rotatable bonds is 6. The van der Waals surface area contributed by atoms with Crippen LogP contribution >= 0.6 is 0 Å². The van der Waals surface area contributed by atoms with E-state index in [9.17, 15) is 4.79 Å². The number of pyridine rings is 1. The molecule has 0 amide bonds. The molecule has 1 fully saturated rings. The van der Waals surface area contributed by atoms with E-state index >= 15 is 0 Å². The second kappa shape index (κ2) is 9.39. The molecule has 1 saturated heterocycles. The van der Waals surface area contributed by atoms with E-state index in [2.05, 4.69) is 35.5 Å². The molecule has 0 bridgehead atoms. The monoisotopic (exact) mass is 430 g/mol. The number of piperidine rings is 1. The molecule has 166 valence electrons. The number of ether oxygens (including phenoxy) is 1. The zero-order chi connectivity index (χ0) is 22.7. The summed E-state index contributed by atoms with van der Waals surface area (Å²) in [5.41, 5.74) is 5.07. The van der Waals surface area contributed by atoms with Crippen LogP contribution in [0.4, 0.5) is 5.95 Å². The first-order chi connectivity index (χ1) is 15.5. The van der Waals surface area contributed by atoms with Gasteiger partial charge in [0.1, 0.15) is 5.75 Å². The topological polar surface area (TPSA) is 60.2 Å². The molecule has 0 N–H and O–H groups in total. The molecule has 6 heteroatoms. The van der Waals surface area contributed by atoms with Crippen LogP contribution in [0.25, 0.3) is 16.8 Å². The van der Waals surface area contributed by atoms with Crippen molar-refractivity contribution in [1.29, 1.82) is 0 Å². The minimum atomic E-state index is -0.0659. The van der Waals surface area contributed by atoms with Crippen molar-refractivity contribution >= 4 is 11.5 Å². The number of hydrogen-bond donors (Lipinski definition) is 0. The van der Waals surface area contributed by atoms with Gasteiger partial charge in [-0.25, -0.2) is 4.98 Å². The lowest BCUT2D eigenvalue weighted by molar-refractivity contribution is 0.414. The Hall–Kier alpha value is -3.41. The lowest BCUT2D eigenvalue weighted by atomic mass is 9.85. The van der Waals surface area contributed by atoms with Crippen LogP contribution in [0, 0.1) is 5.92 Å². The van der Waals surface area contributed by atoms with E-state index in [1.54, 1.807) is 37.2 Å². The van der Waals surface area contributed by atoms with Crippen molar-refractivity contribution in [3.05, 3.63) is 76.9 Å². The van der Waals surface area contributed by atoms with Crippen molar-refractivity contribution in [2.45, 2.75) is 26.2 Å². The standard InChI is InChI=1S/C26H30N4O2/c1-5-19-8-9-22(32-4)15-23(19)18(2)21-7-6-14-30(17-21)26-28-24(16-25(31)29(26)3)20-10-12-27-13-11-20/h8-13,15-16,21H,2,5-7,14,17H2,1,3-4H3. The highest BCUT2D eigenvalue weighted by atomic mass is 16.5. The quantitative estimate of drug-likeness (QED) is 0.582. The minimum Gasteiger partial charge on any atom is -0.497 e. The summed E-state index contributed by atoms with van der Waals surface area (Å²) in [7, 11) is 3.48. The first-order valence-corrected chi connectivity index (χ1v) is 11.1. The van der Waals surface area contributed by atoms with E-state index in [1.807, 2.05) is 18.2 Å². The molecule has 0 spiro atoms. The second-order valence-electron chi connectivity index (χ2n) is 8.26. The van der Waals surface area contributed by atoms with E-state index in [0.29, 0.717) is 11.6 Å². The number of anilines is 1. The lowest BCUT2D eigenvalue weighted by Gasteiger charge is -2.35. The third-order valence-corrected chi connectivity index (χ3v) is 6.33. The normalized spacial score (nSPS) is 16.1. The van der Waals surface area contributed by atoms with Crippen molar-refractivity contribution in [2.24, 2.45) is 13.0 Å². The van der Waals surface area contributed by atoms with Gasteiger partial charge in [0.15, 0.2) is 0 Å². The third kappa shape index (κ3) is 4.31. The Labute approximate surface area is 189 Å². The lowest BCUT2D eigenvalue weighted by Crippen LogP contribution is -2.39. The molecule has 1 aromatic carbocycles. The van der Waals surface area contributed by atoms with Crippen LogP contribution in [0.5, 0.6) is 5.75 Å². The summed E-state index contributed by atoms with van der Waals surface area (Å²) in [5, 5.41) is 0. The van der Waals surface area contributed by atoms with Gasteiger partial charge in [0.05, 0.1) is 12.8 Å². The summed E-state index contributed by atoms with van der Waals surface area (Å²) in [4.78, 5) is 23.9. The van der Waals surface area contributed by atoms with Crippen molar-refractivity contribution in [3.8, 4) is 17.0 Å². The number of hydrogen-bond acceptors (Lipinski definition) is 5. The molecule has 0 aliphatic carbocycles. The second-order valence-corrected chi connectivity index (χ2v) is 8.26. The van der Waals surface area contributed by atoms with Crippen molar-refractivity contribution in [3.63, 3.8) is 0 Å². The Morgan fingerprint density at radius 1 is 1.22 bits per heavy atom. The summed E-state index contributed by atoms with van der Waals surface area (Å²) in [6, 6.07) is 11.6. The Bertz CT molecular complexity index is 1170. The van der Waals surface area contributed by atoms with Gasteiger partial charge in [0, 0.05) is 50.1 Å². The predicted octanol–water partition coefficient (Wildman–Crippen LogP) is 4.34. The molecule has 0 saturated carbocycles. The van der Waals surface area contributed by atoms with Gasteiger partial charge in [-0.3, -0.25) is 14.3 Å². The zero-order valence-electron chi connectivity index (χ0n) is 19.0.